The maximum Gasteiger partial charge on any atom is 0.175 e. The lowest BCUT2D eigenvalue weighted by Gasteiger charge is -2.08. The fourth-order valence-corrected chi connectivity index (χ4v) is 4.71. The molecule has 0 saturated carbocycles. The molecule has 1 heterocycles. The van der Waals surface area contributed by atoms with Crippen LogP contribution in [0.5, 0.6) is 0 Å². The van der Waals surface area contributed by atoms with Gasteiger partial charge in [-0.1, -0.05) is 54.6 Å². The predicted octanol–water partition coefficient (Wildman–Crippen LogP) is 5.88. The molecule has 0 N–H and O–H groups in total. The van der Waals surface area contributed by atoms with Gasteiger partial charge in [-0.25, -0.2) is 4.98 Å². The maximum absolute atomic E-state index is 12.6. The molecule has 0 unspecified atom stereocenters. The third kappa shape index (κ3) is 3.77. The second kappa shape index (κ2) is 7.04. The van der Waals surface area contributed by atoms with Crippen molar-refractivity contribution in [3.63, 3.8) is 0 Å². The minimum absolute atomic E-state index is 0.134. The van der Waals surface area contributed by atoms with Gasteiger partial charge in [0.15, 0.2) is 10.1 Å². The van der Waals surface area contributed by atoms with E-state index in [0.29, 0.717) is 5.02 Å². The molecular weight excluding hydrogens is 346 g/mol. The van der Waals surface area contributed by atoms with E-state index in [2.05, 4.69) is 11.9 Å². The van der Waals surface area contributed by atoms with Crippen LogP contribution in [0.25, 0.3) is 10.2 Å². The van der Waals surface area contributed by atoms with Gasteiger partial charge in [0.05, 0.1) is 15.5 Å². The Morgan fingerprint density at radius 2 is 2.00 bits per heavy atom. The zero-order valence-corrected chi connectivity index (χ0v) is 15.3. The van der Waals surface area contributed by atoms with Crippen LogP contribution in [-0.2, 0) is 6.42 Å². The van der Waals surface area contributed by atoms with Crippen LogP contribution in [0.3, 0.4) is 0 Å². The van der Waals surface area contributed by atoms with Gasteiger partial charge in [0.2, 0.25) is 0 Å². The molecule has 0 spiro atoms. The van der Waals surface area contributed by atoms with E-state index in [1.54, 1.807) is 11.3 Å². The number of carbonyl (C=O) groups excluding carboxylic acids is 1. The predicted molar refractivity (Wildman–Crippen MR) is 100 cm³/mol. The Hall–Kier alpha value is -1.36. The molecule has 0 bridgehead atoms. The maximum atomic E-state index is 12.6. The van der Waals surface area contributed by atoms with Gasteiger partial charge in [0.25, 0.3) is 0 Å². The number of hydrogen-bond acceptors (Lipinski definition) is 4. The molecule has 1 atom stereocenters. The van der Waals surface area contributed by atoms with Crippen molar-refractivity contribution in [1.29, 1.82) is 0 Å². The highest BCUT2D eigenvalue weighted by molar-refractivity contribution is 8.02. The number of benzene rings is 2. The lowest BCUT2D eigenvalue weighted by molar-refractivity contribution is 0.0994. The summed E-state index contributed by atoms with van der Waals surface area (Å²) in [5.74, 6) is 0.134. The zero-order valence-electron chi connectivity index (χ0n) is 12.9. The lowest BCUT2D eigenvalue weighted by Crippen LogP contribution is -2.13. The molecule has 2 aromatic carbocycles. The Morgan fingerprint density at radius 1 is 1.26 bits per heavy atom. The van der Waals surface area contributed by atoms with E-state index in [4.69, 9.17) is 11.6 Å². The van der Waals surface area contributed by atoms with Crippen molar-refractivity contribution >= 4 is 50.7 Å². The van der Waals surface area contributed by atoms with Gasteiger partial charge >= 0.3 is 0 Å². The van der Waals surface area contributed by atoms with Crippen molar-refractivity contribution in [2.24, 2.45) is 0 Å². The van der Waals surface area contributed by atoms with Crippen molar-refractivity contribution in [3.8, 4) is 0 Å². The van der Waals surface area contributed by atoms with Gasteiger partial charge in [0, 0.05) is 10.6 Å². The summed E-state index contributed by atoms with van der Waals surface area (Å²) >= 11 is 9.09. The Balaban J connectivity index is 1.76. The molecule has 0 saturated heterocycles. The number of halogens is 1. The van der Waals surface area contributed by atoms with E-state index < -0.39 is 0 Å². The average Bonchev–Trinajstić information content (AvgIpc) is 2.95. The Kier molecular flexibility index (Phi) is 5.05. The number of nitrogens with zero attached hydrogens (tertiary/aromatic N) is 1. The molecule has 2 nitrogen and oxygen atoms in total. The number of Topliss-reactive ketones (excluding diaryl/α,β-unsaturated/α-hetero) is 1. The first-order valence-electron chi connectivity index (χ1n) is 7.42. The van der Waals surface area contributed by atoms with Crippen LogP contribution in [0.1, 0.15) is 29.8 Å². The molecule has 3 rings (SSSR count). The largest absolute Gasteiger partial charge is 0.293 e. The van der Waals surface area contributed by atoms with Crippen molar-refractivity contribution in [2.75, 3.05) is 0 Å². The smallest absolute Gasteiger partial charge is 0.175 e. The summed E-state index contributed by atoms with van der Waals surface area (Å²) in [5, 5.41) is 0.512. The van der Waals surface area contributed by atoms with Gasteiger partial charge in [0.1, 0.15) is 0 Å². The molecule has 0 aliphatic heterocycles. The first kappa shape index (κ1) is 16.5. The molecule has 5 heteroatoms. The molecule has 0 fully saturated rings. The van der Waals surface area contributed by atoms with Crippen molar-refractivity contribution in [1.82, 2.24) is 4.98 Å². The number of aromatic nitrogens is 1. The summed E-state index contributed by atoms with van der Waals surface area (Å²) in [4.78, 5) is 17.1. The number of thioether (sulfide) groups is 1. The van der Waals surface area contributed by atoms with Gasteiger partial charge in [-0.3, -0.25) is 4.79 Å². The summed E-state index contributed by atoms with van der Waals surface area (Å²) < 4.78 is 1.98. The van der Waals surface area contributed by atoms with Gasteiger partial charge in [-0.15, -0.1) is 11.3 Å². The van der Waals surface area contributed by atoms with Crippen LogP contribution in [0, 0.1) is 0 Å². The third-order valence-corrected chi connectivity index (χ3v) is 6.09. The van der Waals surface area contributed by atoms with Crippen LogP contribution >= 0.6 is 34.7 Å². The number of ketones is 1. The Labute approximate surface area is 148 Å². The van der Waals surface area contributed by atoms with Crippen LogP contribution in [-0.4, -0.2) is 16.0 Å². The fraction of sp³-hybridized carbons (Fsp3) is 0.222. The molecule has 23 heavy (non-hydrogen) atoms. The average molecular weight is 362 g/mol. The molecule has 0 aliphatic carbocycles. The summed E-state index contributed by atoms with van der Waals surface area (Å²) in [7, 11) is 0. The summed E-state index contributed by atoms with van der Waals surface area (Å²) in [6.07, 6.45) is 0.979. The summed E-state index contributed by atoms with van der Waals surface area (Å²) in [6.45, 7) is 4.04. The van der Waals surface area contributed by atoms with Crippen LogP contribution in [0.2, 0.25) is 5.02 Å². The summed E-state index contributed by atoms with van der Waals surface area (Å²) in [6, 6.07) is 13.5. The Morgan fingerprint density at radius 3 is 2.70 bits per heavy atom. The lowest BCUT2D eigenvalue weighted by atomic mass is 10.1. The third-order valence-electron chi connectivity index (χ3n) is 3.62. The monoisotopic (exact) mass is 361 g/mol. The highest BCUT2D eigenvalue weighted by Gasteiger charge is 2.18. The molecule has 118 valence electrons. The number of thiazole rings is 1. The van der Waals surface area contributed by atoms with Gasteiger partial charge in [-0.2, -0.15) is 0 Å². The molecule has 0 radical (unpaired) electrons. The standard InChI is InChI=1S/C18H16ClNOS2/c1-3-12-4-6-13(7-5-12)17(21)11(2)22-18-20-15-10-14(19)8-9-16(15)23-18/h4-11H,3H2,1-2H3/t11-/m1/s1. The molecule has 0 amide bonds. The number of fused-ring (bicyclic) bond motifs is 1. The highest BCUT2D eigenvalue weighted by Crippen LogP contribution is 2.34. The minimum atomic E-state index is -0.168. The minimum Gasteiger partial charge on any atom is -0.293 e. The molecular formula is C18H16ClNOS2. The molecule has 1 aromatic heterocycles. The van der Waals surface area contributed by atoms with Gasteiger partial charge < -0.3 is 0 Å². The first-order valence-corrected chi connectivity index (χ1v) is 9.50. The van der Waals surface area contributed by atoms with Crippen molar-refractivity contribution in [3.05, 3.63) is 58.6 Å². The normalized spacial score (nSPS) is 12.5. The van der Waals surface area contributed by atoms with E-state index in [9.17, 15) is 4.79 Å². The highest BCUT2D eigenvalue weighted by atomic mass is 35.5. The van der Waals surface area contributed by atoms with E-state index in [0.717, 1.165) is 26.5 Å². The van der Waals surface area contributed by atoms with Crippen LogP contribution in [0.15, 0.2) is 46.8 Å². The van der Waals surface area contributed by atoms with E-state index in [1.165, 1.54) is 17.3 Å². The first-order chi connectivity index (χ1) is 11.1. The second-order valence-corrected chi connectivity index (χ2v) is 8.32. The number of aryl methyl sites for hydroxylation is 1. The Bertz CT molecular complexity index is 842. The molecule has 3 aromatic rings. The number of carbonyl (C=O) groups is 1. The van der Waals surface area contributed by atoms with Crippen LogP contribution in [0.4, 0.5) is 0 Å². The van der Waals surface area contributed by atoms with E-state index in [1.807, 2.05) is 49.4 Å². The topological polar surface area (TPSA) is 30.0 Å². The fourth-order valence-electron chi connectivity index (χ4n) is 2.27. The van der Waals surface area contributed by atoms with Crippen molar-refractivity contribution < 1.29 is 4.79 Å². The number of hydrogen-bond donors (Lipinski definition) is 0. The summed E-state index contributed by atoms with van der Waals surface area (Å²) in [5.41, 5.74) is 2.88. The zero-order chi connectivity index (χ0) is 16.4. The quantitative estimate of drug-likeness (QED) is 0.420. The molecule has 0 aliphatic rings. The van der Waals surface area contributed by atoms with Crippen LogP contribution < -0.4 is 0 Å². The second-order valence-electron chi connectivity index (χ2n) is 5.27. The van der Waals surface area contributed by atoms with E-state index in [-0.39, 0.29) is 11.0 Å². The van der Waals surface area contributed by atoms with Crippen molar-refractivity contribution in [2.45, 2.75) is 29.9 Å². The SMILES string of the molecule is CCc1ccc(C(=O)[C@@H](C)Sc2nc3cc(Cl)ccc3s2)cc1. The number of rotatable bonds is 5. The van der Waals surface area contributed by atoms with Gasteiger partial charge in [-0.05, 0) is 37.1 Å². The van der Waals surface area contributed by atoms with E-state index >= 15 is 0 Å².